The molecule has 0 amide bonds. The van der Waals surface area contributed by atoms with Crippen LogP contribution in [-0.4, -0.2) is 0 Å². The second-order valence-corrected chi connectivity index (χ2v) is 12.9. The van der Waals surface area contributed by atoms with Crippen LogP contribution in [0.3, 0.4) is 0 Å². The van der Waals surface area contributed by atoms with Crippen molar-refractivity contribution in [1.29, 1.82) is 0 Å². The van der Waals surface area contributed by atoms with E-state index in [0.29, 0.717) is 8.45 Å². The zero-order valence-corrected chi connectivity index (χ0v) is 24.4. The maximum Gasteiger partial charge on any atom is -1.00 e. The molecule has 0 saturated heterocycles. The molecular weight excluding hydrogens is 534 g/mol. The quantitative estimate of drug-likeness (QED) is 0.260. The smallest absolute Gasteiger partial charge is 1.00 e. The van der Waals surface area contributed by atoms with Gasteiger partial charge in [-0.25, -0.2) is 0 Å². The zero-order chi connectivity index (χ0) is 23.1. The van der Waals surface area contributed by atoms with Crippen LogP contribution in [0.25, 0.3) is 22.5 Å². The first-order valence-electron chi connectivity index (χ1n) is 12.0. The topological polar surface area (TPSA) is 0 Å². The predicted octanol–water partition coefficient (Wildman–Crippen LogP) is 2.39. The first kappa shape index (κ1) is 27.1. The molecule has 0 nitrogen and oxygen atoms in total. The summed E-state index contributed by atoms with van der Waals surface area (Å²) in [4.78, 5) is 0. The van der Waals surface area contributed by atoms with Gasteiger partial charge in [-0.05, 0) is 0 Å². The summed E-state index contributed by atoms with van der Waals surface area (Å²) in [6.07, 6.45) is 2.47. The molecule has 0 radical (unpaired) electrons. The van der Waals surface area contributed by atoms with Gasteiger partial charge in [0, 0.05) is 0 Å². The van der Waals surface area contributed by atoms with Crippen molar-refractivity contribution < 1.29 is 44.0 Å². The fourth-order valence-electron chi connectivity index (χ4n) is 5.42. The van der Waals surface area contributed by atoms with E-state index in [-0.39, 0.29) is 44.0 Å². The molecule has 6 rings (SSSR count). The molecule has 0 saturated carbocycles. The second kappa shape index (κ2) is 11.6. The Morgan fingerprint density at radius 2 is 1.22 bits per heavy atom. The van der Waals surface area contributed by atoms with Crippen molar-refractivity contribution in [2.45, 2.75) is 22.3 Å². The van der Waals surface area contributed by atoms with Crippen LogP contribution in [0.5, 0.6) is 0 Å². The van der Waals surface area contributed by atoms with Gasteiger partial charge in [0.2, 0.25) is 0 Å². The van der Waals surface area contributed by atoms with Crippen LogP contribution in [0.2, 0.25) is 0 Å². The van der Waals surface area contributed by atoms with Crippen molar-refractivity contribution in [3.05, 3.63) is 137 Å². The molecule has 2 aliphatic carbocycles. The number of rotatable bonds is 5. The maximum atomic E-state index is 2.47. The zero-order valence-electron chi connectivity index (χ0n) is 20.3. The van der Waals surface area contributed by atoms with Crippen LogP contribution in [0.4, 0.5) is 0 Å². The number of benzene rings is 4. The third kappa shape index (κ3) is 4.96. The molecule has 0 spiro atoms. The van der Waals surface area contributed by atoms with Gasteiger partial charge < -0.3 is 24.8 Å². The van der Waals surface area contributed by atoms with Crippen LogP contribution >= 0.6 is 8.58 Å². The average Bonchev–Trinajstić information content (AvgIpc) is 3.34. The van der Waals surface area contributed by atoms with Crippen LogP contribution in [0.1, 0.15) is 44.5 Å². The Morgan fingerprint density at radius 1 is 0.611 bits per heavy atom. The van der Waals surface area contributed by atoms with Gasteiger partial charge in [-0.2, -0.15) is 0 Å². The van der Waals surface area contributed by atoms with Crippen molar-refractivity contribution in [3.8, 4) is 11.1 Å². The first-order chi connectivity index (χ1) is 16.7. The van der Waals surface area contributed by atoms with Gasteiger partial charge in [0.15, 0.2) is 0 Å². The third-order valence-corrected chi connectivity index (χ3v) is 12.0. The molecular formula is C32H27Cl2PTi. The number of fused-ring (bicyclic) bond motifs is 2. The summed E-state index contributed by atoms with van der Waals surface area (Å²) < 4.78 is 1.19. The van der Waals surface area contributed by atoms with E-state index in [2.05, 4.69) is 123 Å². The summed E-state index contributed by atoms with van der Waals surface area (Å²) in [7, 11) is 0.726. The maximum absolute atomic E-state index is 2.47. The summed E-state index contributed by atoms with van der Waals surface area (Å²) in [6.45, 7) is 4.77. The molecule has 2 aliphatic rings. The van der Waals surface area contributed by atoms with E-state index in [4.69, 9.17) is 0 Å². The molecule has 4 aromatic carbocycles. The minimum absolute atomic E-state index is 0. The van der Waals surface area contributed by atoms with Gasteiger partial charge in [0.1, 0.15) is 0 Å². The van der Waals surface area contributed by atoms with Gasteiger partial charge in [0.05, 0.1) is 0 Å². The summed E-state index contributed by atoms with van der Waals surface area (Å²) >= 11 is -0.324. The number of hydrogen-bond acceptors (Lipinski definition) is 0. The molecule has 36 heavy (non-hydrogen) atoms. The molecule has 0 aliphatic heterocycles. The Balaban J connectivity index is 0.00000152. The largest absolute Gasteiger partial charge is 1.00 e. The molecule has 0 aromatic heterocycles. The molecule has 0 heterocycles. The SMILES string of the molecule is CC1=Cc2c(-c3ccccc3)cccc2[CH]1[Ti+2][CH]1C(C)=C(Pc2ccccc2)c2ccccc21.[Cl-].[Cl-]. The van der Waals surface area contributed by atoms with Gasteiger partial charge in [-0.15, -0.1) is 0 Å². The Kier molecular flexibility index (Phi) is 8.77. The Labute approximate surface area is 237 Å². The fourth-order valence-corrected chi connectivity index (χ4v) is 10.0. The van der Waals surface area contributed by atoms with Gasteiger partial charge in [-0.1, -0.05) is 0 Å². The van der Waals surface area contributed by atoms with E-state index in [0.717, 1.165) is 8.58 Å². The Hall–Kier alpha value is -1.92. The summed E-state index contributed by atoms with van der Waals surface area (Å²) in [5.74, 6) is 0. The van der Waals surface area contributed by atoms with Crippen molar-refractivity contribution in [3.63, 3.8) is 0 Å². The van der Waals surface area contributed by atoms with Gasteiger partial charge >= 0.3 is 214 Å². The average molecular weight is 561 g/mol. The van der Waals surface area contributed by atoms with Crippen LogP contribution in [0.15, 0.2) is 114 Å². The summed E-state index contributed by atoms with van der Waals surface area (Å²) in [6, 6.07) is 38.0. The number of allylic oxidation sites excluding steroid dienone is 2. The van der Waals surface area contributed by atoms with Gasteiger partial charge in [-0.3, -0.25) is 0 Å². The first-order valence-corrected chi connectivity index (χ1v) is 14.8. The predicted molar refractivity (Wildman–Crippen MR) is 144 cm³/mol. The molecule has 0 bridgehead atoms. The molecule has 4 heteroatoms. The molecule has 4 aromatic rings. The minimum Gasteiger partial charge on any atom is -1.00 e. The van der Waals surface area contributed by atoms with Crippen molar-refractivity contribution in [2.24, 2.45) is 0 Å². The monoisotopic (exact) mass is 560 g/mol. The van der Waals surface area contributed by atoms with E-state index < -0.39 is 0 Å². The molecule has 3 unspecified atom stereocenters. The second-order valence-electron chi connectivity index (χ2n) is 9.23. The van der Waals surface area contributed by atoms with E-state index in [1.165, 1.54) is 27.6 Å². The van der Waals surface area contributed by atoms with Crippen molar-refractivity contribution in [1.82, 2.24) is 0 Å². The van der Waals surface area contributed by atoms with E-state index in [1.54, 1.807) is 27.6 Å². The van der Waals surface area contributed by atoms with E-state index in [1.807, 2.05) is 0 Å². The molecule has 3 atom stereocenters. The molecule has 0 N–H and O–H groups in total. The molecule has 178 valence electrons. The number of hydrogen-bond donors (Lipinski definition) is 0. The van der Waals surface area contributed by atoms with Crippen LogP contribution in [0, 0.1) is 0 Å². The summed E-state index contributed by atoms with van der Waals surface area (Å²) in [5.41, 5.74) is 11.9. The standard InChI is InChI=1S/C16H14P.C16H13.2ClH.Ti/c1-12-11-13-7-5-6-10-15(13)16(12)17-14-8-3-2-4-9-14;1-12-10-14-8-5-9-15(16(14)11-12)13-6-3-2-4-7-13;;;/h2-11,17H,1H3;2-11H,1H3;2*1H;/q;;;;+2/p-2. The van der Waals surface area contributed by atoms with E-state index in [9.17, 15) is 0 Å². The Morgan fingerprint density at radius 3 is 1.97 bits per heavy atom. The van der Waals surface area contributed by atoms with Gasteiger partial charge in [0.25, 0.3) is 0 Å². The minimum atomic E-state index is -0.324. The van der Waals surface area contributed by atoms with Crippen LogP contribution < -0.4 is 30.1 Å². The van der Waals surface area contributed by atoms with Crippen molar-refractivity contribution in [2.75, 3.05) is 0 Å². The van der Waals surface area contributed by atoms with E-state index >= 15 is 0 Å². The van der Waals surface area contributed by atoms with Crippen molar-refractivity contribution >= 4 is 25.3 Å². The molecule has 0 fully saturated rings. The normalized spacial score (nSPS) is 17.7. The Bertz CT molecular complexity index is 1430. The summed E-state index contributed by atoms with van der Waals surface area (Å²) in [5, 5.41) is 3.01. The fraction of sp³-hybridized carbons (Fsp3) is 0.125. The van der Waals surface area contributed by atoms with Crippen LogP contribution in [-0.2, 0) is 19.2 Å². The number of halogens is 2. The third-order valence-electron chi connectivity index (χ3n) is 7.11.